The lowest BCUT2D eigenvalue weighted by Gasteiger charge is -2.06. The van der Waals surface area contributed by atoms with Crippen LogP contribution in [-0.2, 0) is 9.84 Å². The number of rotatable bonds is 6. The molecule has 0 saturated heterocycles. The summed E-state index contributed by atoms with van der Waals surface area (Å²) >= 11 is 0. The Balaban J connectivity index is 1.80. The van der Waals surface area contributed by atoms with E-state index in [4.69, 9.17) is 0 Å². The van der Waals surface area contributed by atoms with Gasteiger partial charge in [-0.3, -0.25) is 0 Å². The molecule has 3 nitrogen and oxygen atoms in total. The lowest BCUT2D eigenvalue weighted by atomic mass is 10.2. The van der Waals surface area contributed by atoms with Gasteiger partial charge in [0.1, 0.15) is 0 Å². The lowest BCUT2D eigenvalue weighted by molar-refractivity contribution is 0.602. The molecule has 0 atom stereocenters. The molecule has 0 bridgehead atoms. The fourth-order valence-electron chi connectivity index (χ4n) is 1.85. The average molecular weight is 253 g/mol. The van der Waals surface area contributed by atoms with Gasteiger partial charge in [-0.1, -0.05) is 12.8 Å². The molecule has 0 heterocycles. The molecule has 0 aromatic heterocycles. The monoisotopic (exact) mass is 253 g/mol. The normalized spacial score (nSPS) is 15.8. The highest BCUT2D eigenvalue weighted by molar-refractivity contribution is 7.90. The minimum absolute atomic E-state index is 0.376. The van der Waals surface area contributed by atoms with Crippen molar-refractivity contribution in [3.63, 3.8) is 0 Å². The molecule has 2 rings (SSSR count). The Morgan fingerprint density at radius 2 is 1.88 bits per heavy atom. The average Bonchev–Trinajstić information content (AvgIpc) is 3.08. The van der Waals surface area contributed by atoms with E-state index in [1.807, 2.05) is 12.1 Å². The van der Waals surface area contributed by atoms with Crippen molar-refractivity contribution >= 4 is 15.5 Å². The molecule has 94 valence electrons. The van der Waals surface area contributed by atoms with Crippen molar-refractivity contribution in [1.82, 2.24) is 0 Å². The van der Waals surface area contributed by atoms with Gasteiger partial charge in [0.05, 0.1) is 4.90 Å². The first kappa shape index (κ1) is 12.4. The summed E-state index contributed by atoms with van der Waals surface area (Å²) in [6.45, 7) is 0.967. The Hall–Kier alpha value is -1.03. The summed E-state index contributed by atoms with van der Waals surface area (Å²) < 4.78 is 22.5. The van der Waals surface area contributed by atoms with E-state index < -0.39 is 9.84 Å². The molecule has 1 fully saturated rings. The van der Waals surface area contributed by atoms with Crippen LogP contribution in [0, 0.1) is 5.92 Å². The maximum absolute atomic E-state index is 11.3. The molecule has 4 heteroatoms. The van der Waals surface area contributed by atoms with Crippen LogP contribution in [0.2, 0.25) is 0 Å². The molecule has 1 aliphatic carbocycles. The third-order valence-electron chi connectivity index (χ3n) is 3.10. The van der Waals surface area contributed by atoms with Crippen LogP contribution in [0.25, 0.3) is 0 Å². The minimum Gasteiger partial charge on any atom is -0.385 e. The Labute approximate surface area is 103 Å². The summed E-state index contributed by atoms with van der Waals surface area (Å²) in [5.74, 6) is 0.976. The second kappa shape index (κ2) is 5.08. The molecule has 1 saturated carbocycles. The van der Waals surface area contributed by atoms with Crippen LogP contribution in [0.5, 0.6) is 0 Å². The summed E-state index contributed by atoms with van der Waals surface area (Å²) in [5, 5.41) is 3.31. The fourth-order valence-corrected chi connectivity index (χ4v) is 2.48. The molecule has 1 aromatic carbocycles. The maximum atomic E-state index is 11.3. The first-order chi connectivity index (χ1) is 8.05. The second-order valence-corrected chi connectivity index (χ2v) is 6.82. The van der Waals surface area contributed by atoms with Gasteiger partial charge >= 0.3 is 0 Å². The van der Waals surface area contributed by atoms with Crippen molar-refractivity contribution in [2.24, 2.45) is 5.92 Å². The highest BCUT2D eigenvalue weighted by Gasteiger charge is 2.19. The Bertz CT molecular complexity index is 461. The van der Waals surface area contributed by atoms with Gasteiger partial charge in [0.2, 0.25) is 0 Å². The third-order valence-corrected chi connectivity index (χ3v) is 4.23. The summed E-state index contributed by atoms with van der Waals surface area (Å²) in [4.78, 5) is 0.376. The van der Waals surface area contributed by atoms with Gasteiger partial charge in [-0.25, -0.2) is 8.42 Å². The number of anilines is 1. The van der Waals surface area contributed by atoms with Crippen LogP contribution < -0.4 is 5.32 Å². The van der Waals surface area contributed by atoms with E-state index in [-0.39, 0.29) is 0 Å². The van der Waals surface area contributed by atoms with Gasteiger partial charge in [0.15, 0.2) is 9.84 Å². The molecule has 1 N–H and O–H groups in total. The number of hydrogen-bond donors (Lipinski definition) is 1. The van der Waals surface area contributed by atoms with Crippen molar-refractivity contribution in [1.29, 1.82) is 0 Å². The van der Waals surface area contributed by atoms with E-state index in [1.54, 1.807) is 12.1 Å². The van der Waals surface area contributed by atoms with Gasteiger partial charge < -0.3 is 5.32 Å². The van der Waals surface area contributed by atoms with Crippen molar-refractivity contribution in [3.05, 3.63) is 24.3 Å². The predicted octanol–water partition coefficient (Wildman–Crippen LogP) is 2.69. The van der Waals surface area contributed by atoms with Gasteiger partial charge in [0.25, 0.3) is 0 Å². The molecule has 0 aliphatic heterocycles. The molecule has 1 aromatic rings. The lowest BCUT2D eigenvalue weighted by Crippen LogP contribution is -2.02. The number of hydrogen-bond acceptors (Lipinski definition) is 3. The zero-order valence-electron chi connectivity index (χ0n) is 10.1. The molecule has 0 amide bonds. The van der Waals surface area contributed by atoms with E-state index in [1.165, 1.54) is 31.9 Å². The SMILES string of the molecule is CS(=O)(=O)c1ccc(NCCCC2CC2)cc1. The van der Waals surface area contributed by atoms with Crippen LogP contribution in [0.1, 0.15) is 25.7 Å². The Morgan fingerprint density at radius 1 is 1.24 bits per heavy atom. The Morgan fingerprint density at radius 3 is 2.41 bits per heavy atom. The minimum atomic E-state index is -3.08. The molecule has 1 aliphatic rings. The number of benzene rings is 1. The van der Waals surface area contributed by atoms with Gasteiger partial charge in [-0.2, -0.15) is 0 Å². The number of nitrogens with one attached hydrogen (secondary N) is 1. The largest absolute Gasteiger partial charge is 0.385 e. The molecule has 0 spiro atoms. The van der Waals surface area contributed by atoms with Gasteiger partial charge in [0, 0.05) is 18.5 Å². The topological polar surface area (TPSA) is 46.2 Å². The maximum Gasteiger partial charge on any atom is 0.175 e. The van der Waals surface area contributed by atoms with Gasteiger partial charge in [-0.05, 0) is 43.0 Å². The van der Waals surface area contributed by atoms with Crippen LogP contribution >= 0.6 is 0 Å². The van der Waals surface area contributed by atoms with E-state index in [2.05, 4.69) is 5.32 Å². The van der Waals surface area contributed by atoms with E-state index in [9.17, 15) is 8.42 Å². The molecule has 0 unspecified atom stereocenters. The quantitative estimate of drug-likeness (QED) is 0.793. The first-order valence-corrected chi connectivity index (χ1v) is 7.99. The zero-order chi connectivity index (χ0) is 12.3. The molecular formula is C13H19NO2S. The van der Waals surface area contributed by atoms with E-state index in [0.717, 1.165) is 18.2 Å². The van der Waals surface area contributed by atoms with E-state index >= 15 is 0 Å². The van der Waals surface area contributed by atoms with E-state index in [0.29, 0.717) is 4.90 Å². The van der Waals surface area contributed by atoms with Gasteiger partial charge in [-0.15, -0.1) is 0 Å². The summed E-state index contributed by atoms with van der Waals surface area (Å²) in [6.07, 6.45) is 6.55. The van der Waals surface area contributed by atoms with Crippen molar-refractivity contribution < 1.29 is 8.42 Å². The summed E-state index contributed by atoms with van der Waals surface area (Å²) in [7, 11) is -3.08. The first-order valence-electron chi connectivity index (χ1n) is 6.10. The smallest absolute Gasteiger partial charge is 0.175 e. The Kier molecular flexibility index (Phi) is 3.72. The summed E-state index contributed by atoms with van der Waals surface area (Å²) in [6, 6.07) is 6.96. The number of sulfone groups is 1. The summed E-state index contributed by atoms with van der Waals surface area (Å²) in [5.41, 5.74) is 0.994. The standard InChI is InChI=1S/C13H19NO2S/c1-17(15,16)13-8-6-12(7-9-13)14-10-2-3-11-4-5-11/h6-9,11,14H,2-5,10H2,1H3. The molecular weight excluding hydrogens is 234 g/mol. The van der Waals surface area contributed by atoms with Crippen molar-refractivity contribution in [2.45, 2.75) is 30.6 Å². The predicted molar refractivity (Wildman–Crippen MR) is 70.0 cm³/mol. The van der Waals surface area contributed by atoms with Crippen LogP contribution in [0.4, 0.5) is 5.69 Å². The fraction of sp³-hybridized carbons (Fsp3) is 0.538. The highest BCUT2D eigenvalue weighted by atomic mass is 32.2. The highest BCUT2D eigenvalue weighted by Crippen LogP contribution is 2.33. The second-order valence-electron chi connectivity index (χ2n) is 4.81. The van der Waals surface area contributed by atoms with Crippen LogP contribution in [0.3, 0.4) is 0 Å². The molecule has 0 radical (unpaired) electrons. The third kappa shape index (κ3) is 4.04. The molecule has 17 heavy (non-hydrogen) atoms. The zero-order valence-corrected chi connectivity index (χ0v) is 11.0. The van der Waals surface area contributed by atoms with Crippen LogP contribution in [-0.4, -0.2) is 21.2 Å². The van der Waals surface area contributed by atoms with Crippen LogP contribution in [0.15, 0.2) is 29.2 Å². The van der Waals surface area contributed by atoms with Crippen molar-refractivity contribution in [3.8, 4) is 0 Å². The van der Waals surface area contributed by atoms with Crippen molar-refractivity contribution in [2.75, 3.05) is 18.1 Å².